The van der Waals surface area contributed by atoms with Crippen molar-refractivity contribution in [1.82, 2.24) is 0 Å². The van der Waals surface area contributed by atoms with Gasteiger partial charge in [0, 0.05) is 18.3 Å². The minimum atomic E-state index is -3.08. The van der Waals surface area contributed by atoms with Gasteiger partial charge >= 0.3 is 8.80 Å². The first kappa shape index (κ1) is 20.0. The maximum absolute atomic E-state index is 12.0. The smallest absolute Gasteiger partial charge is 0.371 e. The molecule has 0 N–H and O–H groups in total. The van der Waals surface area contributed by atoms with Gasteiger partial charge in [0.15, 0.2) is 5.78 Å². The molecule has 0 aliphatic heterocycles. The zero-order valence-corrected chi connectivity index (χ0v) is 16.4. The number of carbonyl (C=O) groups is 1. The third-order valence-corrected chi connectivity index (χ3v) is 6.68. The molecular weight excluding hydrogens is 308 g/mol. The van der Waals surface area contributed by atoms with E-state index in [9.17, 15) is 4.79 Å². The monoisotopic (exact) mass is 338 g/mol. The van der Waals surface area contributed by atoms with E-state index >= 15 is 0 Å². The lowest BCUT2D eigenvalue weighted by molar-refractivity contribution is -0.135. The average Bonchev–Trinajstić information content (AvgIpc) is 2.36. The fraction of sp³-hybridized carbons (Fsp3) is 0.611. The van der Waals surface area contributed by atoms with Crippen LogP contribution in [0, 0.1) is 0 Å². The van der Waals surface area contributed by atoms with Crippen LogP contribution >= 0.6 is 0 Å². The molecule has 5 heteroatoms. The third kappa shape index (κ3) is 6.55. The summed E-state index contributed by atoms with van der Waals surface area (Å²) in [7, 11) is -3.08. The molecule has 0 radical (unpaired) electrons. The zero-order valence-electron chi connectivity index (χ0n) is 15.4. The maximum Gasteiger partial charge on any atom is 0.506 e. The van der Waals surface area contributed by atoms with E-state index in [1.807, 2.05) is 58.0 Å². The Morgan fingerprint density at radius 1 is 1.04 bits per heavy atom. The summed E-state index contributed by atoms with van der Waals surface area (Å²) in [5.41, 5.74) is 0.143. The molecule has 0 bridgehead atoms. The number of carbonyl (C=O) groups excluding carboxylic acids is 1. The number of rotatable bonds is 9. The molecule has 0 spiro atoms. The van der Waals surface area contributed by atoms with E-state index in [1.54, 1.807) is 13.8 Å². The third-order valence-electron chi connectivity index (χ3n) is 3.35. The van der Waals surface area contributed by atoms with Gasteiger partial charge in [-0.3, -0.25) is 4.79 Å². The van der Waals surface area contributed by atoms with Crippen LogP contribution in [0.1, 0.15) is 54.0 Å². The van der Waals surface area contributed by atoms with Gasteiger partial charge < -0.3 is 13.3 Å². The van der Waals surface area contributed by atoms with Crippen LogP contribution in [-0.2, 0) is 24.1 Å². The summed E-state index contributed by atoms with van der Waals surface area (Å²) in [5.74, 6) is -0.0397. The van der Waals surface area contributed by atoms with Crippen molar-refractivity contribution in [3.8, 4) is 0 Å². The van der Waals surface area contributed by atoms with Crippen LogP contribution in [0.15, 0.2) is 30.3 Å². The molecule has 1 aromatic rings. The molecule has 1 aromatic carbocycles. The standard InChI is InChI=1S/C18H30O4Si/c1-14(2)20-23(21-15(3)4,22-18(6,7)16(5)19)13-17-11-9-8-10-12-17/h8-12,14-15H,13H2,1-7H3. The Balaban J connectivity index is 3.20. The Bertz CT molecular complexity index is 487. The molecule has 130 valence electrons. The lowest BCUT2D eigenvalue weighted by atomic mass is 10.1. The molecular formula is C18H30O4Si. The highest BCUT2D eigenvalue weighted by atomic mass is 28.4. The normalized spacial score (nSPS) is 12.9. The van der Waals surface area contributed by atoms with E-state index in [-0.39, 0.29) is 18.0 Å². The minimum Gasteiger partial charge on any atom is -0.371 e. The maximum atomic E-state index is 12.0. The minimum absolute atomic E-state index is 0.0397. The number of hydrogen-bond acceptors (Lipinski definition) is 4. The molecule has 4 nitrogen and oxygen atoms in total. The molecule has 1 rings (SSSR count). The molecule has 0 saturated carbocycles. The Morgan fingerprint density at radius 3 is 1.91 bits per heavy atom. The summed E-state index contributed by atoms with van der Waals surface area (Å²) in [6.45, 7) is 12.9. The Kier molecular flexibility index (Phi) is 7.14. The number of Topliss-reactive ketones (excluding diaryl/α,β-unsaturated/α-hetero) is 1. The van der Waals surface area contributed by atoms with E-state index < -0.39 is 14.4 Å². The van der Waals surface area contributed by atoms with E-state index in [0.717, 1.165) is 5.56 Å². The predicted octanol–water partition coefficient (Wildman–Crippen LogP) is 3.94. The quantitative estimate of drug-likeness (QED) is 0.640. The second-order valence-corrected chi connectivity index (χ2v) is 9.24. The topological polar surface area (TPSA) is 44.8 Å². The fourth-order valence-electron chi connectivity index (χ4n) is 2.22. The van der Waals surface area contributed by atoms with Gasteiger partial charge in [-0.25, -0.2) is 0 Å². The van der Waals surface area contributed by atoms with Crippen LogP contribution in [0.2, 0.25) is 0 Å². The highest BCUT2D eigenvalue weighted by molar-refractivity contribution is 6.60. The van der Waals surface area contributed by atoms with Crippen LogP contribution in [0.5, 0.6) is 0 Å². The van der Waals surface area contributed by atoms with E-state index in [4.69, 9.17) is 13.3 Å². The van der Waals surface area contributed by atoms with E-state index in [1.165, 1.54) is 6.92 Å². The summed E-state index contributed by atoms with van der Waals surface area (Å²) in [6, 6.07) is 10.5. The first-order valence-corrected chi connectivity index (χ1v) is 10.1. The first-order valence-electron chi connectivity index (χ1n) is 8.17. The van der Waals surface area contributed by atoms with E-state index in [2.05, 4.69) is 0 Å². The average molecular weight is 339 g/mol. The number of ketones is 1. The highest BCUT2D eigenvalue weighted by Gasteiger charge is 2.48. The molecule has 0 unspecified atom stereocenters. The van der Waals surface area contributed by atoms with Gasteiger partial charge in [0.2, 0.25) is 0 Å². The molecule has 0 atom stereocenters. The summed E-state index contributed by atoms with van der Waals surface area (Å²) >= 11 is 0. The molecule has 0 aliphatic rings. The van der Waals surface area contributed by atoms with E-state index in [0.29, 0.717) is 6.04 Å². The molecule has 0 heterocycles. The number of hydrogen-bond donors (Lipinski definition) is 0. The Labute approximate surface area is 141 Å². The molecule has 0 aromatic heterocycles. The summed E-state index contributed by atoms with van der Waals surface area (Å²) in [4.78, 5) is 12.0. The van der Waals surface area contributed by atoms with Gasteiger partial charge in [0.1, 0.15) is 5.60 Å². The second kappa shape index (κ2) is 8.19. The molecule has 23 heavy (non-hydrogen) atoms. The van der Waals surface area contributed by atoms with Crippen molar-refractivity contribution in [3.05, 3.63) is 35.9 Å². The van der Waals surface area contributed by atoms with Crippen molar-refractivity contribution < 1.29 is 18.1 Å². The Morgan fingerprint density at radius 2 is 1.52 bits per heavy atom. The van der Waals surface area contributed by atoms with Crippen LogP contribution in [-0.4, -0.2) is 32.4 Å². The molecule has 0 amide bonds. The van der Waals surface area contributed by atoms with Gasteiger partial charge in [-0.2, -0.15) is 0 Å². The van der Waals surface area contributed by atoms with Crippen molar-refractivity contribution in [1.29, 1.82) is 0 Å². The molecule has 0 saturated heterocycles. The van der Waals surface area contributed by atoms with Gasteiger partial charge in [0.05, 0.1) is 0 Å². The van der Waals surface area contributed by atoms with Crippen LogP contribution < -0.4 is 0 Å². The first-order chi connectivity index (χ1) is 10.6. The van der Waals surface area contributed by atoms with Crippen molar-refractivity contribution in [2.45, 2.75) is 72.3 Å². The number of benzene rings is 1. The summed E-state index contributed by atoms with van der Waals surface area (Å²) in [6.07, 6.45) is -0.0984. The van der Waals surface area contributed by atoms with Gasteiger partial charge in [-0.15, -0.1) is 0 Å². The molecule has 0 aliphatic carbocycles. The second-order valence-electron chi connectivity index (χ2n) is 6.85. The molecule has 0 fully saturated rings. The predicted molar refractivity (Wildman–Crippen MR) is 94.2 cm³/mol. The van der Waals surface area contributed by atoms with Gasteiger partial charge in [-0.1, -0.05) is 30.3 Å². The zero-order chi connectivity index (χ0) is 17.7. The summed E-state index contributed by atoms with van der Waals surface area (Å²) in [5, 5.41) is 0. The van der Waals surface area contributed by atoms with Gasteiger partial charge in [0.25, 0.3) is 0 Å². The van der Waals surface area contributed by atoms with Crippen LogP contribution in [0.25, 0.3) is 0 Å². The lowest BCUT2D eigenvalue weighted by Gasteiger charge is -2.38. The van der Waals surface area contributed by atoms with Crippen LogP contribution in [0.3, 0.4) is 0 Å². The largest absolute Gasteiger partial charge is 0.506 e. The lowest BCUT2D eigenvalue weighted by Crippen LogP contribution is -2.57. The summed E-state index contributed by atoms with van der Waals surface area (Å²) < 4.78 is 18.6. The SMILES string of the molecule is CC(=O)C(C)(C)O[Si](Cc1ccccc1)(OC(C)C)OC(C)C. The van der Waals surface area contributed by atoms with Gasteiger partial charge in [-0.05, 0) is 54.0 Å². The fourth-order valence-corrected chi connectivity index (χ4v) is 5.70. The Hall–Kier alpha value is -1.01. The highest BCUT2D eigenvalue weighted by Crippen LogP contribution is 2.27. The van der Waals surface area contributed by atoms with Crippen molar-refractivity contribution >= 4 is 14.6 Å². The van der Waals surface area contributed by atoms with Crippen LogP contribution in [0.4, 0.5) is 0 Å². The van der Waals surface area contributed by atoms with Crippen molar-refractivity contribution in [3.63, 3.8) is 0 Å². The van der Waals surface area contributed by atoms with Crippen molar-refractivity contribution in [2.75, 3.05) is 0 Å². The van der Waals surface area contributed by atoms with Crippen molar-refractivity contribution in [2.24, 2.45) is 0 Å².